The van der Waals surface area contributed by atoms with Crippen molar-refractivity contribution in [3.63, 3.8) is 0 Å². The Labute approximate surface area is 199 Å². The van der Waals surface area contributed by atoms with E-state index in [2.05, 4.69) is 11.9 Å². The molecule has 1 saturated heterocycles. The molecule has 170 valence electrons. The first kappa shape index (κ1) is 22.0. The van der Waals surface area contributed by atoms with E-state index in [1.54, 1.807) is 12.1 Å². The first-order valence-electron chi connectivity index (χ1n) is 10.9. The van der Waals surface area contributed by atoms with Crippen LogP contribution in [0.25, 0.3) is 16.0 Å². The molecular weight excluding hydrogens is 451 g/mol. The molecule has 5 rings (SSSR count). The van der Waals surface area contributed by atoms with Crippen molar-refractivity contribution in [1.82, 2.24) is 4.98 Å². The highest BCUT2D eigenvalue weighted by molar-refractivity contribution is 7.22. The quantitative estimate of drug-likeness (QED) is 0.227. The molecule has 1 aliphatic rings. The Hall–Kier alpha value is -3.84. The topological polar surface area (TPSA) is 70.5 Å². The van der Waals surface area contributed by atoms with Crippen molar-refractivity contribution >= 4 is 44.1 Å². The Kier molecular flexibility index (Phi) is 5.49. The van der Waals surface area contributed by atoms with Gasteiger partial charge in [-0.1, -0.05) is 66.3 Å². The number of hydrogen-bond acceptors (Lipinski definition) is 5. The van der Waals surface area contributed by atoms with E-state index in [9.17, 15) is 19.1 Å². The number of carbonyl (C=O) groups excluding carboxylic acids is 2. The fourth-order valence-corrected chi connectivity index (χ4v) is 5.19. The van der Waals surface area contributed by atoms with Gasteiger partial charge in [-0.05, 0) is 48.7 Å². The molecule has 7 heteroatoms. The van der Waals surface area contributed by atoms with Crippen LogP contribution in [0, 0.1) is 12.7 Å². The van der Waals surface area contributed by atoms with E-state index >= 15 is 0 Å². The number of aliphatic hydroxyl groups is 1. The minimum Gasteiger partial charge on any atom is -0.507 e. The lowest BCUT2D eigenvalue weighted by atomic mass is 9.95. The fraction of sp³-hybridized carbons (Fsp3) is 0.148. The van der Waals surface area contributed by atoms with Gasteiger partial charge in [0.1, 0.15) is 11.6 Å². The summed E-state index contributed by atoms with van der Waals surface area (Å²) in [5.74, 6) is -2.30. The highest BCUT2D eigenvalue weighted by Gasteiger charge is 2.48. The molecule has 1 aliphatic heterocycles. The van der Waals surface area contributed by atoms with Gasteiger partial charge < -0.3 is 5.11 Å². The zero-order chi connectivity index (χ0) is 24.0. The minimum absolute atomic E-state index is 0.0473. The Morgan fingerprint density at radius 1 is 1.06 bits per heavy atom. The molecule has 0 radical (unpaired) electrons. The zero-order valence-corrected chi connectivity index (χ0v) is 19.4. The SMILES string of the molecule is CCc1ccc2nc(N3C(=O)C(=O)C(=C(O)c4ccc(C)cc4)C3c3ccc(F)cc3)sc2c1. The number of halogens is 1. The number of anilines is 1. The molecule has 1 fully saturated rings. The summed E-state index contributed by atoms with van der Waals surface area (Å²) in [7, 11) is 0. The monoisotopic (exact) mass is 472 g/mol. The highest BCUT2D eigenvalue weighted by Crippen LogP contribution is 2.44. The number of amides is 1. The van der Waals surface area contributed by atoms with Gasteiger partial charge in [0, 0.05) is 5.56 Å². The summed E-state index contributed by atoms with van der Waals surface area (Å²) in [4.78, 5) is 32.4. The number of Topliss-reactive ketones (excluding diaryl/α,β-unsaturated/α-hetero) is 1. The Balaban J connectivity index is 1.71. The Bertz CT molecular complexity index is 1460. The number of carbonyl (C=O) groups is 2. The molecular formula is C27H21FN2O3S. The third-order valence-corrected chi connectivity index (χ3v) is 7.03. The summed E-state index contributed by atoms with van der Waals surface area (Å²) in [5, 5.41) is 11.5. The predicted octanol–water partition coefficient (Wildman–Crippen LogP) is 5.93. The van der Waals surface area contributed by atoms with Gasteiger partial charge >= 0.3 is 5.91 Å². The number of aromatic nitrogens is 1. The van der Waals surface area contributed by atoms with Crippen LogP contribution in [0.2, 0.25) is 0 Å². The molecule has 1 amide bonds. The van der Waals surface area contributed by atoms with Gasteiger partial charge in [0.25, 0.3) is 5.78 Å². The molecule has 1 N–H and O–H groups in total. The molecule has 3 aromatic carbocycles. The van der Waals surface area contributed by atoms with E-state index in [4.69, 9.17) is 0 Å². The zero-order valence-electron chi connectivity index (χ0n) is 18.6. The second-order valence-electron chi connectivity index (χ2n) is 8.24. The predicted molar refractivity (Wildman–Crippen MR) is 131 cm³/mol. The third kappa shape index (κ3) is 3.68. The maximum atomic E-state index is 13.7. The van der Waals surface area contributed by atoms with Gasteiger partial charge in [-0.25, -0.2) is 9.37 Å². The maximum Gasteiger partial charge on any atom is 0.301 e. The molecule has 5 nitrogen and oxygen atoms in total. The van der Waals surface area contributed by atoms with Gasteiger partial charge in [-0.2, -0.15) is 0 Å². The van der Waals surface area contributed by atoms with Crippen molar-refractivity contribution in [3.8, 4) is 0 Å². The number of nitrogens with zero attached hydrogens (tertiary/aromatic N) is 2. The average molecular weight is 473 g/mol. The molecule has 0 bridgehead atoms. The lowest BCUT2D eigenvalue weighted by molar-refractivity contribution is -0.132. The molecule has 0 saturated carbocycles. The summed E-state index contributed by atoms with van der Waals surface area (Å²) >= 11 is 1.31. The number of fused-ring (bicyclic) bond motifs is 1. The van der Waals surface area contributed by atoms with Crippen molar-refractivity contribution in [2.24, 2.45) is 0 Å². The van der Waals surface area contributed by atoms with Crippen LogP contribution in [-0.4, -0.2) is 21.8 Å². The van der Waals surface area contributed by atoms with Crippen LogP contribution in [0.1, 0.15) is 35.2 Å². The van der Waals surface area contributed by atoms with E-state index in [-0.39, 0.29) is 11.3 Å². The molecule has 2 heterocycles. The number of aliphatic hydroxyl groups excluding tert-OH is 1. The normalized spacial score (nSPS) is 17.6. The van der Waals surface area contributed by atoms with E-state index in [1.165, 1.54) is 40.5 Å². The highest BCUT2D eigenvalue weighted by atomic mass is 32.1. The van der Waals surface area contributed by atoms with E-state index < -0.39 is 23.5 Å². The van der Waals surface area contributed by atoms with Gasteiger partial charge in [-0.3, -0.25) is 14.5 Å². The van der Waals surface area contributed by atoms with E-state index in [0.29, 0.717) is 16.3 Å². The summed E-state index contributed by atoms with van der Waals surface area (Å²) in [6.45, 7) is 3.97. The van der Waals surface area contributed by atoms with Crippen molar-refractivity contribution in [2.75, 3.05) is 4.90 Å². The summed E-state index contributed by atoms with van der Waals surface area (Å²) in [6, 6.07) is 17.6. The summed E-state index contributed by atoms with van der Waals surface area (Å²) in [6.07, 6.45) is 0.861. The first-order valence-corrected chi connectivity index (χ1v) is 11.7. The van der Waals surface area contributed by atoms with E-state index in [0.717, 1.165) is 27.8 Å². The lowest BCUT2D eigenvalue weighted by Gasteiger charge is -2.23. The van der Waals surface area contributed by atoms with Gasteiger partial charge in [-0.15, -0.1) is 0 Å². The smallest absolute Gasteiger partial charge is 0.301 e. The first-order chi connectivity index (χ1) is 16.4. The third-order valence-electron chi connectivity index (χ3n) is 6.01. The van der Waals surface area contributed by atoms with Crippen molar-refractivity contribution in [1.29, 1.82) is 0 Å². The minimum atomic E-state index is -0.937. The molecule has 0 spiro atoms. The fourth-order valence-electron chi connectivity index (χ4n) is 4.14. The van der Waals surface area contributed by atoms with Gasteiger partial charge in [0.2, 0.25) is 0 Å². The maximum absolute atomic E-state index is 13.7. The standard InChI is InChI=1S/C27H21FN2O3S/c1-3-16-6-13-20-21(14-16)34-27(29-20)30-23(17-9-11-19(28)12-10-17)22(25(32)26(30)33)24(31)18-7-4-15(2)5-8-18/h4-14,23,31H,3H2,1-2H3. The van der Waals surface area contributed by atoms with Crippen LogP contribution in [0.5, 0.6) is 0 Å². The molecule has 1 unspecified atom stereocenters. The van der Waals surface area contributed by atoms with Crippen LogP contribution >= 0.6 is 11.3 Å². The molecule has 34 heavy (non-hydrogen) atoms. The van der Waals surface area contributed by atoms with Crippen LogP contribution in [0.15, 0.2) is 72.3 Å². The summed E-state index contributed by atoms with van der Waals surface area (Å²) in [5.41, 5.74) is 3.73. The number of thiazole rings is 1. The average Bonchev–Trinajstić information content (AvgIpc) is 3.37. The number of rotatable bonds is 4. The van der Waals surface area contributed by atoms with Gasteiger partial charge in [0.15, 0.2) is 5.13 Å². The van der Waals surface area contributed by atoms with Crippen LogP contribution < -0.4 is 4.90 Å². The largest absolute Gasteiger partial charge is 0.507 e. The number of ketones is 1. The van der Waals surface area contributed by atoms with Gasteiger partial charge in [0.05, 0.1) is 21.8 Å². The molecule has 0 aliphatic carbocycles. The second-order valence-corrected chi connectivity index (χ2v) is 9.25. The molecule has 1 atom stereocenters. The summed E-state index contributed by atoms with van der Waals surface area (Å²) < 4.78 is 14.6. The van der Waals surface area contributed by atoms with Crippen molar-refractivity contribution < 1.29 is 19.1 Å². The van der Waals surface area contributed by atoms with E-state index in [1.807, 2.05) is 37.3 Å². The number of aryl methyl sites for hydroxylation is 2. The lowest BCUT2D eigenvalue weighted by Crippen LogP contribution is -2.29. The molecule has 1 aromatic heterocycles. The van der Waals surface area contributed by atoms with Crippen molar-refractivity contribution in [3.05, 3.63) is 100 Å². The van der Waals surface area contributed by atoms with Crippen molar-refractivity contribution in [2.45, 2.75) is 26.3 Å². The molecule has 4 aromatic rings. The number of benzene rings is 3. The Morgan fingerprint density at radius 3 is 2.44 bits per heavy atom. The van der Waals surface area contributed by atoms with Crippen LogP contribution in [-0.2, 0) is 16.0 Å². The Morgan fingerprint density at radius 2 is 1.76 bits per heavy atom. The second kappa shape index (κ2) is 8.50. The number of hydrogen-bond donors (Lipinski definition) is 1. The van der Waals surface area contributed by atoms with Crippen LogP contribution in [0.3, 0.4) is 0 Å². The van der Waals surface area contributed by atoms with Crippen LogP contribution in [0.4, 0.5) is 9.52 Å².